The zero-order chi connectivity index (χ0) is 11.7. The van der Waals surface area contributed by atoms with Gasteiger partial charge in [0.05, 0.1) is 11.4 Å². The maximum Gasteiger partial charge on any atom is 0.155 e. The van der Waals surface area contributed by atoms with Crippen LogP contribution in [0.2, 0.25) is 0 Å². The van der Waals surface area contributed by atoms with E-state index in [2.05, 4.69) is 15.1 Å². The third-order valence-electron chi connectivity index (χ3n) is 2.60. The van der Waals surface area contributed by atoms with E-state index in [0.717, 1.165) is 22.6 Å². The predicted molar refractivity (Wildman–Crippen MR) is 64.1 cm³/mol. The molecule has 3 aromatic heterocycles. The van der Waals surface area contributed by atoms with Crippen LogP contribution in [0.5, 0.6) is 0 Å². The van der Waals surface area contributed by atoms with Crippen molar-refractivity contribution in [1.29, 1.82) is 0 Å². The fourth-order valence-corrected chi connectivity index (χ4v) is 1.75. The van der Waals surface area contributed by atoms with Gasteiger partial charge < -0.3 is 5.73 Å². The number of rotatable bonds is 2. The number of nitrogens with zero attached hydrogens (tertiary/aromatic N) is 4. The molecule has 0 radical (unpaired) electrons. The summed E-state index contributed by atoms with van der Waals surface area (Å²) in [5, 5.41) is 4.49. The van der Waals surface area contributed by atoms with E-state index in [1.165, 1.54) is 0 Å². The Labute approximate surface area is 97.9 Å². The fraction of sp³-hybridized carbons (Fsp3) is 0.0833. The van der Waals surface area contributed by atoms with Gasteiger partial charge >= 0.3 is 0 Å². The third-order valence-corrected chi connectivity index (χ3v) is 2.60. The second kappa shape index (κ2) is 3.95. The van der Waals surface area contributed by atoms with Gasteiger partial charge in [-0.1, -0.05) is 0 Å². The summed E-state index contributed by atoms with van der Waals surface area (Å²) in [6.45, 7) is 0.438. The number of fused-ring (bicyclic) bond motifs is 1. The topological polar surface area (TPSA) is 69.1 Å². The SMILES string of the molecule is NCc1ccnc2cc(-c3cccnc3)nn12. The predicted octanol–water partition coefficient (Wildman–Crippen LogP) is 1.25. The molecule has 17 heavy (non-hydrogen) atoms. The van der Waals surface area contributed by atoms with Crippen molar-refractivity contribution < 1.29 is 0 Å². The first-order valence-electron chi connectivity index (χ1n) is 5.32. The zero-order valence-corrected chi connectivity index (χ0v) is 9.11. The minimum absolute atomic E-state index is 0.438. The van der Waals surface area contributed by atoms with Crippen molar-refractivity contribution >= 4 is 5.65 Å². The van der Waals surface area contributed by atoms with Crippen LogP contribution in [-0.2, 0) is 6.54 Å². The molecule has 0 spiro atoms. The average molecular weight is 225 g/mol. The van der Waals surface area contributed by atoms with E-state index in [4.69, 9.17) is 5.73 Å². The molecule has 3 heterocycles. The summed E-state index contributed by atoms with van der Waals surface area (Å²) in [4.78, 5) is 8.34. The van der Waals surface area contributed by atoms with Crippen LogP contribution in [0.3, 0.4) is 0 Å². The van der Waals surface area contributed by atoms with Crippen LogP contribution in [0.1, 0.15) is 5.69 Å². The van der Waals surface area contributed by atoms with E-state index in [1.807, 2.05) is 24.3 Å². The number of hydrogen-bond donors (Lipinski definition) is 1. The molecule has 0 aliphatic carbocycles. The molecular weight excluding hydrogens is 214 g/mol. The van der Waals surface area contributed by atoms with E-state index in [9.17, 15) is 0 Å². The van der Waals surface area contributed by atoms with Crippen molar-refractivity contribution in [2.75, 3.05) is 0 Å². The molecule has 0 fully saturated rings. The molecule has 84 valence electrons. The second-order valence-corrected chi connectivity index (χ2v) is 3.68. The maximum absolute atomic E-state index is 5.66. The molecule has 0 saturated heterocycles. The Morgan fingerprint density at radius 3 is 2.94 bits per heavy atom. The number of nitrogens with two attached hydrogens (primary N) is 1. The Morgan fingerprint density at radius 2 is 2.18 bits per heavy atom. The van der Waals surface area contributed by atoms with Crippen LogP contribution in [0.15, 0.2) is 42.9 Å². The van der Waals surface area contributed by atoms with Gasteiger partial charge in [-0.25, -0.2) is 9.50 Å². The van der Waals surface area contributed by atoms with Crippen molar-refractivity contribution in [2.45, 2.75) is 6.54 Å². The van der Waals surface area contributed by atoms with Gasteiger partial charge in [0.2, 0.25) is 0 Å². The first-order chi connectivity index (χ1) is 8.38. The van der Waals surface area contributed by atoms with Gasteiger partial charge in [0.1, 0.15) is 0 Å². The molecule has 0 atom stereocenters. The lowest BCUT2D eigenvalue weighted by molar-refractivity contribution is 0.838. The molecule has 0 bridgehead atoms. The van der Waals surface area contributed by atoms with Gasteiger partial charge in [0.25, 0.3) is 0 Å². The Bertz CT molecular complexity index is 644. The summed E-state index contributed by atoms with van der Waals surface area (Å²) in [5.41, 5.74) is 9.22. The normalized spacial score (nSPS) is 10.9. The third kappa shape index (κ3) is 1.66. The molecule has 0 aliphatic heterocycles. The summed E-state index contributed by atoms with van der Waals surface area (Å²) in [6.07, 6.45) is 5.26. The van der Waals surface area contributed by atoms with Gasteiger partial charge in [-0.3, -0.25) is 4.98 Å². The van der Waals surface area contributed by atoms with Crippen LogP contribution < -0.4 is 5.73 Å². The Hall–Kier alpha value is -2.27. The smallest absolute Gasteiger partial charge is 0.155 e. The lowest BCUT2D eigenvalue weighted by atomic mass is 10.2. The highest BCUT2D eigenvalue weighted by Crippen LogP contribution is 2.18. The van der Waals surface area contributed by atoms with Crippen LogP contribution in [0, 0.1) is 0 Å². The lowest BCUT2D eigenvalue weighted by Crippen LogP contribution is -2.05. The molecule has 3 aromatic rings. The van der Waals surface area contributed by atoms with Crippen molar-refractivity contribution in [3.05, 3.63) is 48.5 Å². The van der Waals surface area contributed by atoms with Gasteiger partial charge in [0, 0.05) is 36.8 Å². The van der Waals surface area contributed by atoms with Crippen LogP contribution >= 0.6 is 0 Å². The Morgan fingerprint density at radius 1 is 1.24 bits per heavy atom. The van der Waals surface area contributed by atoms with E-state index < -0.39 is 0 Å². The van der Waals surface area contributed by atoms with Crippen molar-refractivity contribution in [1.82, 2.24) is 19.6 Å². The molecule has 0 aliphatic rings. The van der Waals surface area contributed by atoms with Crippen molar-refractivity contribution in [2.24, 2.45) is 5.73 Å². The van der Waals surface area contributed by atoms with Gasteiger partial charge in [-0.2, -0.15) is 5.10 Å². The van der Waals surface area contributed by atoms with Gasteiger partial charge in [0.15, 0.2) is 5.65 Å². The largest absolute Gasteiger partial charge is 0.325 e. The first kappa shape index (κ1) is 9.92. The molecule has 0 amide bonds. The number of pyridine rings is 1. The first-order valence-corrected chi connectivity index (χ1v) is 5.32. The van der Waals surface area contributed by atoms with Crippen LogP contribution in [0.4, 0.5) is 0 Å². The molecular formula is C12H11N5. The highest BCUT2D eigenvalue weighted by atomic mass is 15.3. The minimum atomic E-state index is 0.438. The van der Waals surface area contributed by atoms with Crippen LogP contribution in [-0.4, -0.2) is 19.6 Å². The minimum Gasteiger partial charge on any atom is -0.325 e. The summed E-state index contributed by atoms with van der Waals surface area (Å²) in [6, 6.07) is 7.65. The number of aromatic nitrogens is 4. The molecule has 0 unspecified atom stereocenters. The average Bonchev–Trinajstić information content (AvgIpc) is 2.83. The van der Waals surface area contributed by atoms with E-state index in [1.54, 1.807) is 23.1 Å². The maximum atomic E-state index is 5.66. The summed E-state index contributed by atoms with van der Waals surface area (Å²) >= 11 is 0. The van der Waals surface area contributed by atoms with E-state index in [-0.39, 0.29) is 0 Å². The lowest BCUT2D eigenvalue weighted by Gasteiger charge is -1.99. The molecule has 5 nitrogen and oxygen atoms in total. The number of hydrogen-bond acceptors (Lipinski definition) is 4. The standard InChI is InChI=1S/C12H11N5/c13-7-10-3-5-15-12-6-11(16-17(10)12)9-2-1-4-14-8-9/h1-6,8H,7,13H2. The fourth-order valence-electron chi connectivity index (χ4n) is 1.75. The second-order valence-electron chi connectivity index (χ2n) is 3.68. The van der Waals surface area contributed by atoms with Crippen molar-refractivity contribution in [3.63, 3.8) is 0 Å². The Balaban J connectivity index is 2.20. The van der Waals surface area contributed by atoms with E-state index >= 15 is 0 Å². The zero-order valence-electron chi connectivity index (χ0n) is 9.11. The van der Waals surface area contributed by atoms with E-state index in [0.29, 0.717) is 6.54 Å². The monoisotopic (exact) mass is 225 g/mol. The Kier molecular flexibility index (Phi) is 2.31. The molecule has 0 saturated carbocycles. The van der Waals surface area contributed by atoms with Crippen LogP contribution in [0.25, 0.3) is 16.9 Å². The van der Waals surface area contributed by atoms with Gasteiger partial charge in [-0.05, 0) is 18.2 Å². The highest BCUT2D eigenvalue weighted by molar-refractivity contribution is 5.63. The highest BCUT2D eigenvalue weighted by Gasteiger charge is 2.07. The molecule has 3 rings (SSSR count). The summed E-state index contributed by atoms with van der Waals surface area (Å²) in [7, 11) is 0. The van der Waals surface area contributed by atoms with Crippen molar-refractivity contribution in [3.8, 4) is 11.3 Å². The molecule has 0 aromatic carbocycles. The quantitative estimate of drug-likeness (QED) is 0.712. The molecule has 2 N–H and O–H groups in total. The van der Waals surface area contributed by atoms with Gasteiger partial charge in [-0.15, -0.1) is 0 Å². The summed E-state index contributed by atoms with van der Waals surface area (Å²) in [5.74, 6) is 0. The summed E-state index contributed by atoms with van der Waals surface area (Å²) < 4.78 is 1.77. The molecule has 5 heteroatoms.